The van der Waals surface area contributed by atoms with Crippen molar-refractivity contribution in [3.05, 3.63) is 48.2 Å². The third kappa shape index (κ3) is 2.10. The van der Waals surface area contributed by atoms with Crippen LogP contribution in [0.15, 0.2) is 42.6 Å². The zero-order valence-corrected chi connectivity index (χ0v) is 12.5. The Morgan fingerprint density at radius 2 is 2.05 bits per heavy atom. The maximum atomic E-state index is 12.7. The van der Waals surface area contributed by atoms with E-state index in [4.69, 9.17) is 0 Å². The molecule has 1 aromatic carbocycles. The second kappa shape index (κ2) is 5.20. The Labute approximate surface area is 129 Å². The summed E-state index contributed by atoms with van der Waals surface area (Å²) in [6, 6.07) is 8.24. The van der Waals surface area contributed by atoms with Crippen molar-refractivity contribution in [1.29, 1.82) is 0 Å². The van der Waals surface area contributed by atoms with Crippen LogP contribution in [0.25, 0.3) is 11.3 Å². The van der Waals surface area contributed by atoms with Crippen molar-refractivity contribution < 1.29 is 4.79 Å². The van der Waals surface area contributed by atoms with Gasteiger partial charge in [-0.25, -0.2) is 4.68 Å². The number of ketones is 1. The second-order valence-electron chi connectivity index (χ2n) is 6.36. The van der Waals surface area contributed by atoms with Gasteiger partial charge in [0.15, 0.2) is 0 Å². The Hall–Kier alpha value is -2.23. The molecule has 4 nitrogen and oxygen atoms in total. The standard InChI is InChI=1S/C18H19N3O/c1-12-6-8-13(9-7-12)18(22)10-16-14-4-2-3-5-15(14)17-11-19-20-21(16)17/h2-5,11,13,16H,1,6-10H2. The minimum atomic E-state index is 0.00586. The number of hydrogen-bond donors (Lipinski definition) is 0. The zero-order chi connectivity index (χ0) is 15.1. The Bertz CT molecular complexity index is 736. The number of carbonyl (C=O) groups is 1. The molecule has 2 aromatic rings. The lowest BCUT2D eigenvalue weighted by molar-refractivity contribution is -0.124. The van der Waals surface area contributed by atoms with Crippen molar-refractivity contribution in [1.82, 2.24) is 15.0 Å². The fourth-order valence-electron chi connectivity index (χ4n) is 3.72. The molecule has 22 heavy (non-hydrogen) atoms. The predicted octanol–water partition coefficient (Wildman–Crippen LogP) is 3.55. The number of benzene rings is 1. The van der Waals surface area contributed by atoms with Gasteiger partial charge in [0.1, 0.15) is 5.78 Å². The van der Waals surface area contributed by atoms with E-state index in [1.165, 1.54) is 11.1 Å². The van der Waals surface area contributed by atoms with E-state index < -0.39 is 0 Å². The van der Waals surface area contributed by atoms with Crippen LogP contribution in [-0.2, 0) is 4.79 Å². The minimum absolute atomic E-state index is 0.00586. The second-order valence-corrected chi connectivity index (χ2v) is 6.36. The number of Topliss-reactive ketones (excluding diaryl/α,β-unsaturated/α-hetero) is 1. The molecule has 0 saturated heterocycles. The largest absolute Gasteiger partial charge is 0.299 e. The number of aromatic nitrogens is 3. The summed E-state index contributed by atoms with van der Waals surface area (Å²) < 4.78 is 1.91. The van der Waals surface area contributed by atoms with E-state index >= 15 is 0 Å². The SMILES string of the molecule is C=C1CCC(C(=O)CC2c3ccccc3-c3cnnn32)CC1. The minimum Gasteiger partial charge on any atom is -0.299 e. The first-order valence-electron chi connectivity index (χ1n) is 7.93. The smallest absolute Gasteiger partial charge is 0.138 e. The molecule has 2 aliphatic rings. The van der Waals surface area contributed by atoms with Gasteiger partial charge in [0, 0.05) is 17.9 Å². The molecule has 0 N–H and O–H groups in total. The molecule has 1 aliphatic heterocycles. The van der Waals surface area contributed by atoms with Crippen molar-refractivity contribution in [2.45, 2.75) is 38.1 Å². The molecule has 112 valence electrons. The highest BCUT2D eigenvalue weighted by Gasteiger charge is 2.33. The Morgan fingerprint density at radius 1 is 1.27 bits per heavy atom. The molecule has 0 spiro atoms. The Morgan fingerprint density at radius 3 is 2.86 bits per heavy atom. The van der Waals surface area contributed by atoms with Crippen LogP contribution in [0.1, 0.15) is 43.7 Å². The average Bonchev–Trinajstić information content (AvgIpc) is 3.11. The zero-order valence-electron chi connectivity index (χ0n) is 12.5. The monoisotopic (exact) mass is 293 g/mol. The topological polar surface area (TPSA) is 47.8 Å². The summed E-state index contributed by atoms with van der Waals surface area (Å²) >= 11 is 0. The van der Waals surface area contributed by atoms with Crippen LogP contribution in [0.4, 0.5) is 0 Å². The number of allylic oxidation sites excluding steroid dienone is 1. The molecule has 1 saturated carbocycles. The summed E-state index contributed by atoms with van der Waals surface area (Å²) in [7, 11) is 0. The first kappa shape index (κ1) is 13.4. The van der Waals surface area contributed by atoms with Gasteiger partial charge >= 0.3 is 0 Å². The van der Waals surface area contributed by atoms with Gasteiger partial charge < -0.3 is 0 Å². The highest BCUT2D eigenvalue weighted by atomic mass is 16.1. The van der Waals surface area contributed by atoms with Gasteiger partial charge in [-0.2, -0.15) is 0 Å². The van der Waals surface area contributed by atoms with E-state index in [0.29, 0.717) is 12.2 Å². The van der Waals surface area contributed by atoms with Crippen LogP contribution in [0, 0.1) is 5.92 Å². The summed E-state index contributed by atoms with van der Waals surface area (Å²) in [5.74, 6) is 0.542. The number of nitrogens with zero attached hydrogens (tertiary/aromatic N) is 3. The molecule has 0 bridgehead atoms. The summed E-state index contributed by atoms with van der Waals surface area (Å²) in [6.07, 6.45) is 6.20. The van der Waals surface area contributed by atoms with Crippen molar-refractivity contribution in [3.63, 3.8) is 0 Å². The molecular weight excluding hydrogens is 274 g/mol. The lowest BCUT2D eigenvalue weighted by Gasteiger charge is -2.23. The van der Waals surface area contributed by atoms with Crippen LogP contribution >= 0.6 is 0 Å². The summed E-state index contributed by atoms with van der Waals surface area (Å²) in [6.45, 7) is 4.03. The molecular formula is C18H19N3O. The van der Waals surface area contributed by atoms with Crippen molar-refractivity contribution in [2.75, 3.05) is 0 Å². The Balaban J connectivity index is 1.58. The highest BCUT2D eigenvalue weighted by Crippen LogP contribution is 2.41. The van der Waals surface area contributed by atoms with E-state index in [0.717, 1.165) is 36.9 Å². The number of carbonyl (C=O) groups excluding carboxylic acids is 1. The molecule has 1 unspecified atom stereocenters. The van der Waals surface area contributed by atoms with Crippen LogP contribution in [-0.4, -0.2) is 20.8 Å². The van der Waals surface area contributed by atoms with Crippen LogP contribution in [0.3, 0.4) is 0 Å². The van der Waals surface area contributed by atoms with E-state index in [9.17, 15) is 4.79 Å². The Kier molecular flexibility index (Phi) is 3.17. The van der Waals surface area contributed by atoms with Gasteiger partial charge in [-0.1, -0.05) is 41.6 Å². The molecule has 2 heterocycles. The summed E-state index contributed by atoms with van der Waals surface area (Å²) in [4.78, 5) is 12.7. The van der Waals surface area contributed by atoms with Crippen molar-refractivity contribution >= 4 is 5.78 Å². The lowest BCUT2D eigenvalue weighted by Crippen LogP contribution is -2.22. The average molecular weight is 293 g/mol. The molecule has 1 atom stereocenters. The first-order chi connectivity index (χ1) is 10.7. The third-order valence-corrected chi connectivity index (χ3v) is 5.01. The fraction of sp³-hybridized carbons (Fsp3) is 0.389. The van der Waals surface area contributed by atoms with E-state index in [2.05, 4.69) is 29.0 Å². The molecule has 1 aromatic heterocycles. The normalized spacial score (nSPS) is 20.7. The summed E-state index contributed by atoms with van der Waals surface area (Å²) in [5.41, 5.74) is 4.66. The van der Waals surface area contributed by atoms with E-state index in [-0.39, 0.29) is 12.0 Å². The van der Waals surface area contributed by atoms with Gasteiger partial charge in [0.05, 0.1) is 17.9 Å². The lowest BCUT2D eigenvalue weighted by atomic mass is 9.82. The van der Waals surface area contributed by atoms with Gasteiger partial charge in [-0.3, -0.25) is 4.79 Å². The van der Waals surface area contributed by atoms with Gasteiger partial charge in [0.2, 0.25) is 0 Å². The molecule has 4 heteroatoms. The van der Waals surface area contributed by atoms with Gasteiger partial charge in [0.25, 0.3) is 0 Å². The maximum absolute atomic E-state index is 12.7. The van der Waals surface area contributed by atoms with Crippen molar-refractivity contribution in [3.8, 4) is 11.3 Å². The summed E-state index contributed by atoms with van der Waals surface area (Å²) in [5, 5.41) is 8.22. The van der Waals surface area contributed by atoms with Crippen LogP contribution < -0.4 is 0 Å². The molecule has 1 aliphatic carbocycles. The van der Waals surface area contributed by atoms with Crippen LogP contribution in [0.5, 0.6) is 0 Å². The number of fused-ring (bicyclic) bond motifs is 3. The molecule has 0 radical (unpaired) electrons. The molecule has 4 rings (SSSR count). The highest BCUT2D eigenvalue weighted by molar-refractivity contribution is 5.83. The molecule has 1 fully saturated rings. The fourth-order valence-corrected chi connectivity index (χ4v) is 3.72. The number of hydrogen-bond acceptors (Lipinski definition) is 3. The van der Waals surface area contributed by atoms with Gasteiger partial charge in [-0.05, 0) is 31.2 Å². The van der Waals surface area contributed by atoms with Crippen molar-refractivity contribution in [2.24, 2.45) is 5.92 Å². The number of rotatable bonds is 3. The predicted molar refractivity (Wildman–Crippen MR) is 84.3 cm³/mol. The third-order valence-electron chi connectivity index (χ3n) is 5.01. The quantitative estimate of drug-likeness (QED) is 0.813. The van der Waals surface area contributed by atoms with E-state index in [1.54, 1.807) is 6.20 Å². The molecule has 0 amide bonds. The van der Waals surface area contributed by atoms with Crippen LogP contribution in [0.2, 0.25) is 0 Å². The van der Waals surface area contributed by atoms with Gasteiger partial charge in [-0.15, -0.1) is 5.10 Å². The first-order valence-corrected chi connectivity index (χ1v) is 7.93. The maximum Gasteiger partial charge on any atom is 0.138 e. The van der Waals surface area contributed by atoms with E-state index in [1.807, 2.05) is 16.8 Å².